The second-order valence-electron chi connectivity index (χ2n) is 7.14. The van der Waals surface area contributed by atoms with E-state index >= 15 is 0 Å². The number of thiazole rings is 1. The molecule has 10 heteroatoms. The van der Waals surface area contributed by atoms with Crippen LogP contribution in [0.2, 0.25) is 0 Å². The van der Waals surface area contributed by atoms with Crippen LogP contribution in [0.4, 0.5) is 5.69 Å². The van der Waals surface area contributed by atoms with Crippen LogP contribution in [0.15, 0.2) is 48.5 Å². The predicted molar refractivity (Wildman–Crippen MR) is 120 cm³/mol. The molecule has 160 valence electrons. The number of nitrogens with one attached hydrogen (secondary N) is 2. The zero-order valence-electron chi connectivity index (χ0n) is 16.9. The Balaban J connectivity index is 1.44. The second-order valence-corrected chi connectivity index (χ2v) is 10.0. The molecule has 8 nitrogen and oxygen atoms in total. The summed E-state index contributed by atoms with van der Waals surface area (Å²) in [5.41, 5.74) is 8.03. The van der Waals surface area contributed by atoms with E-state index in [1.165, 1.54) is 21.7 Å². The van der Waals surface area contributed by atoms with Crippen LogP contribution < -0.4 is 15.2 Å². The number of fused-ring (bicyclic) bond motifs is 1. The van der Waals surface area contributed by atoms with E-state index in [4.69, 9.17) is 0 Å². The van der Waals surface area contributed by atoms with Crippen LogP contribution in [0.1, 0.15) is 31.3 Å². The molecule has 0 saturated heterocycles. The molecule has 2 heterocycles. The molecule has 2 N–H and O–H groups in total. The van der Waals surface area contributed by atoms with Gasteiger partial charge < -0.3 is 0 Å². The Morgan fingerprint density at radius 1 is 1.06 bits per heavy atom. The van der Waals surface area contributed by atoms with Crippen LogP contribution in [0.5, 0.6) is 0 Å². The van der Waals surface area contributed by atoms with E-state index in [0.717, 1.165) is 22.4 Å². The van der Waals surface area contributed by atoms with Gasteiger partial charge in [-0.05, 0) is 37.1 Å². The van der Waals surface area contributed by atoms with Gasteiger partial charge in [0.1, 0.15) is 9.88 Å². The van der Waals surface area contributed by atoms with Crippen LogP contribution in [-0.2, 0) is 16.4 Å². The molecule has 0 aliphatic carbocycles. The monoisotopic (exact) mass is 456 g/mol. The fourth-order valence-corrected chi connectivity index (χ4v) is 5.34. The van der Waals surface area contributed by atoms with Crippen molar-refractivity contribution in [3.05, 3.63) is 70.2 Å². The van der Waals surface area contributed by atoms with E-state index in [2.05, 4.69) is 15.8 Å². The van der Waals surface area contributed by atoms with Gasteiger partial charge >= 0.3 is 0 Å². The molecule has 0 unspecified atom stereocenters. The molecule has 2 amide bonds. The summed E-state index contributed by atoms with van der Waals surface area (Å²) in [6.45, 7) is 2.10. The topological polar surface area (TPSA) is 108 Å². The number of hydrogen-bond acceptors (Lipinski definition) is 6. The first kappa shape index (κ1) is 21.0. The lowest BCUT2D eigenvalue weighted by molar-refractivity contribution is 0.0848. The number of nitrogens with zero attached hydrogens (tertiary/aromatic N) is 2. The Morgan fingerprint density at radius 2 is 1.77 bits per heavy atom. The number of carbonyl (C=O) groups is 2. The van der Waals surface area contributed by atoms with Gasteiger partial charge in [-0.25, -0.2) is 13.4 Å². The quantitative estimate of drug-likeness (QED) is 0.587. The van der Waals surface area contributed by atoms with Crippen molar-refractivity contribution in [3.8, 4) is 10.6 Å². The maximum atomic E-state index is 12.6. The number of hydrazine groups is 1. The first-order valence-electron chi connectivity index (χ1n) is 9.48. The van der Waals surface area contributed by atoms with E-state index in [-0.39, 0.29) is 0 Å². The number of sulfonamides is 1. The maximum Gasteiger partial charge on any atom is 0.281 e. The molecule has 0 spiro atoms. The number of aryl methyl sites for hydroxylation is 1. The molecule has 0 radical (unpaired) electrons. The third kappa shape index (κ3) is 4.30. The zero-order valence-corrected chi connectivity index (χ0v) is 18.5. The number of anilines is 1. The van der Waals surface area contributed by atoms with Crippen molar-refractivity contribution in [1.82, 2.24) is 15.8 Å². The highest BCUT2D eigenvalue weighted by molar-refractivity contribution is 7.92. The lowest BCUT2D eigenvalue weighted by Gasteiger charge is -2.16. The lowest BCUT2D eigenvalue weighted by atomic mass is 10.1. The lowest BCUT2D eigenvalue weighted by Crippen LogP contribution is -2.41. The SMILES string of the molecule is Cc1nc(-c2ccccc2)sc1C(=O)NNC(=O)c1ccc2c(c1)CCN2S(C)(=O)=O. The van der Waals surface area contributed by atoms with Crippen LogP contribution in [0.25, 0.3) is 10.6 Å². The average molecular weight is 457 g/mol. The van der Waals surface area contributed by atoms with Gasteiger partial charge in [0.25, 0.3) is 11.8 Å². The summed E-state index contributed by atoms with van der Waals surface area (Å²) in [6.07, 6.45) is 1.68. The van der Waals surface area contributed by atoms with Crippen molar-refractivity contribution in [2.45, 2.75) is 13.3 Å². The van der Waals surface area contributed by atoms with Gasteiger partial charge in [0, 0.05) is 17.7 Å². The highest BCUT2D eigenvalue weighted by atomic mass is 32.2. The minimum atomic E-state index is -3.35. The molecule has 31 heavy (non-hydrogen) atoms. The van der Waals surface area contributed by atoms with Gasteiger partial charge in [-0.2, -0.15) is 0 Å². The molecule has 0 atom stereocenters. The van der Waals surface area contributed by atoms with Crippen LogP contribution >= 0.6 is 11.3 Å². The fraction of sp³-hybridized carbons (Fsp3) is 0.190. The van der Waals surface area contributed by atoms with Crippen LogP contribution in [0.3, 0.4) is 0 Å². The summed E-state index contributed by atoms with van der Waals surface area (Å²) < 4.78 is 25.0. The van der Waals surface area contributed by atoms with Crippen molar-refractivity contribution in [2.75, 3.05) is 17.1 Å². The van der Waals surface area contributed by atoms with Gasteiger partial charge in [0.05, 0.1) is 17.6 Å². The molecular formula is C21H20N4O4S2. The first-order chi connectivity index (χ1) is 14.7. The van der Waals surface area contributed by atoms with Crippen molar-refractivity contribution in [1.29, 1.82) is 0 Å². The molecule has 4 rings (SSSR count). The third-order valence-corrected chi connectivity index (χ3v) is 7.29. The number of aromatic nitrogens is 1. The summed E-state index contributed by atoms with van der Waals surface area (Å²) in [6, 6.07) is 14.3. The predicted octanol–water partition coefficient (Wildman–Crippen LogP) is 2.52. The minimum Gasteiger partial charge on any atom is -0.270 e. The van der Waals surface area contributed by atoms with E-state index in [9.17, 15) is 18.0 Å². The zero-order chi connectivity index (χ0) is 22.2. The maximum absolute atomic E-state index is 12.6. The third-order valence-electron chi connectivity index (χ3n) is 4.91. The number of benzene rings is 2. The highest BCUT2D eigenvalue weighted by Gasteiger charge is 2.27. The highest BCUT2D eigenvalue weighted by Crippen LogP contribution is 2.31. The summed E-state index contributed by atoms with van der Waals surface area (Å²) >= 11 is 1.25. The van der Waals surface area contributed by atoms with Crippen molar-refractivity contribution in [2.24, 2.45) is 0 Å². The minimum absolute atomic E-state index is 0.334. The van der Waals surface area contributed by atoms with Gasteiger partial charge in [0.2, 0.25) is 10.0 Å². The standard InChI is InChI=1S/C21H20N4O4S2/c1-13-18(30-21(22-13)14-6-4-3-5-7-14)20(27)24-23-19(26)16-8-9-17-15(12-16)10-11-25(17)31(2,28)29/h3-9,12H,10-11H2,1-2H3,(H,23,26)(H,24,27). The molecular weight excluding hydrogens is 436 g/mol. The summed E-state index contributed by atoms with van der Waals surface area (Å²) in [7, 11) is -3.35. The number of rotatable bonds is 4. The second kappa shape index (κ2) is 8.12. The van der Waals surface area contributed by atoms with Crippen molar-refractivity contribution < 1.29 is 18.0 Å². The molecule has 0 fully saturated rings. The summed E-state index contributed by atoms with van der Waals surface area (Å²) in [4.78, 5) is 29.9. The van der Waals surface area contributed by atoms with E-state index in [0.29, 0.717) is 34.8 Å². The van der Waals surface area contributed by atoms with Gasteiger partial charge in [-0.3, -0.25) is 24.7 Å². The molecule has 3 aromatic rings. The largest absolute Gasteiger partial charge is 0.281 e. The fourth-order valence-electron chi connectivity index (χ4n) is 3.41. The molecule has 1 aromatic heterocycles. The molecule has 2 aromatic carbocycles. The van der Waals surface area contributed by atoms with Crippen molar-refractivity contribution in [3.63, 3.8) is 0 Å². The Morgan fingerprint density at radius 3 is 2.48 bits per heavy atom. The van der Waals surface area contributed by atoms with E-state index in [1.54, 1.807) is 19.1 Å². The summed E-state index contributed by atoms with van der Waals surface area (Å²) in [5.74, 6) is -0.936. The Labute approximate surface area is 184 Å². The van der Waals surface area contributed by atoms with Gasteiger partial charge in [-0.1, -0.05) is 30.3 Å². The van der Waals surface area contributed by atoms with Crippen LogP contribution in [-0.4, -0.2) is 38.0 Å². The van der Waals surface area contributed by atoms with E-state index < -0.39 is 21.8 Å². The summed E-state index contributed by atoms with van der Waals surface area (Å²) in [5, 5.41) is 0.726. The molecule has 0 bridgehead atoms. The molecule has 1 aliphatic heterocycles. The normalized spacial score (nSPS) is 13.0. The van der Waals surface area contributed by atoms with E-state index in [1.807, 2.05) is 30.3 Å². The Hall–Kier alpha value is -3.24. The Kier molecular flexibility index (Phi) is 5.50. The van der Waals surface area contributed by atoms with Gasteiger partial charge in [-0.15, -0.1) is 11.3 Å². The molecule has 1 aliphatic rings. The first-order valence-corrected chi connectivity index (χ1v) is 12.1. The number of hydrogen-bond donors (Lipinski definition) is 2. The van der Waals surface area contributed by atoms with Gasteiger partial charge in [0.15, 0.2) is 0 Å². The number of amides is 2. The molecule has 0 saturated carbocycles. The van der Waals surface area contributed by atoms with Crippen LogP contribution in [0, 0.1) is 6.92 Å². The Bertz CT molecular complexity index is 1270. The van der Waals surface area contributed by atoms with Crippen molar-refractivity contribution >= 4 is 38.9 Å². The smallest absolute Gasteiger partial charge is 0.270 e. The average Bonchev–Trinajstić information content (AvgIpc) is 3.35. The number of carbonyl (C=O) groups excluding carboxylic acids is 2.